The van der Waals surface area contributed by atoms with Gasteiger partial charge in [0.2, 0.25) is 5.88 Å². The van der Waals surface area contributed by atoms with E-state index in [1.165, 1.54) is 0 Å². The SMILES string of the molecule is C[C@@H](CC1CC(NC(=O)c2cccc(CC#N)c2)C1)Oc1nc2c(cc1C(N)=O)COCC2. The van der Waals surface area contributed by atoms with E-state index in [2.05, 4.69) is 16.4 Å². The average Bonchev–Trinajstić information content (AvgIpc) is 2.77. The molecule has 33 heavy (non-hydrogen) atoms. The number of nitrogens with zero attached hydrogens (tertiary/aromatic N) is 2. The highest BCUT2D eigenvalue weighted by Crippen LogP contribution is 2.33. The number of amides is 2. The monoisotopic (exact) mass is 448 g/mol. The molecule has 8 nitrogen and oxygen atoms in total. The van der Waals surface area contributed by atoms with Gasteiger partial charge in [0.15, 0.2) is 0 Å². The number of ether oxygens (including phenoxy) is 2. The molecular formula is C25H28N4O4. The standard InChI is InChI=1S/C25H28N4O4/c1-15(33-25-21(23(27)30)13-19-14-32-8-6-22(19)29-25)9-17-11-20(12-17)28-24(31)18-4-2-3-16(10-18)5-7-26/h2-4,10,13,15,17,20H,5-6,8-9,11-12,14H2,1H3,(H2,27,30)(H,28,31)/t15-,17?,20?/m0/s1. The highest BCUT2D eigenvalue weighted by molar-refractivity contribution is 5.95. The second-order valence-corrected chi connectivity index (χ2v) is 8.82. The van der Waals surface area contributed by atoms with Gasteiger partial charge < -0.3 is 20.5 Å². The van der Waals surface area contributed by atoms with Crippen molar-refractivity contribution in [2.45, 2.75) is 57.8 Å². The van der Waals surface area contributed by atoms with Crippen molar-refractivity contribution in [1.82, 2.24) is 10.3 Å². The number of nitrogens with one attached hydrogen (secondary N) is 1. The molecule has 1 aliphatic heterocycles. The lowest BCUT2D eigenvalue weighted by molar-refractivity contribution is 0.0845. The minimum Gasteiger partial charge on any atom is -0.474 e. The van der Waals surface area contributed by atoms with E-state index in [1.54, 1.807) is 24.3 Å². The number of carbonyl (C=O) groups excluding carboxylic acids is 2. The Morgan fingerprint density at radius 2 is 2.18 bits per heavy atom. The van der Waals surface area contributed by atoms with Crippen LogP contribution in [0.3, 0.4) is 0 Å². The van der Waals surface area contributed by atoms with Crippen LogP contribution in [0.1, 0.15) is 63.7 Å². The minimum absolute atomic E-state index is 0.115. The van der Waals surface area contributed by atoms with Crippen molar-refractivity contribution in [2.75, 3.05) is 6.61 Å². The Bertz CT molecular complexity index is 1090. The molecule has 1 aliphatic carbocycles. The molecule has 0 spiro atoms. The van der Waals surface area contributed by atoms with Crippen molar-refractivity contribution in [1.29, 1.82) is 5.26 Å². The van der Waals surface area contributed by atoms with Crippen molar-refractivity contribution < 1.29 is 19.1 Å². The summed E-state index contributed by atoms with van der Waals surface area (Å²) in [5, 5.41) is 11.9. The first-order chi connectivity index (χ1) is 15.9. The molecule has 1 atom stereocenters. The second-order valence-electron chi connectivity index (χ2n) is 8.82. The number of hydrogen-bond acceptors (Lipinski definition) is 6. The molecule has 1 fully saturated rings. The fraction of sp³-hybridized carbons (Fsp3) is 0.440. The Morgan fingerprint density at radius 3 is 2.94 bits per heavy atom. The lowest BCUT2D eigenvalue weighted by Crippen LogP contribution is -2.45. The van der Waals surface area contributed by atoms with E-state index in [9.17, 15) is 9.59 Å². The molecule has 1 saturated carbocycles. The van der Waals surface area contributed by atoms with E-state index < -0.39 is 5.91 Å². The molecule has 3 N–H and O–H groups in total. The maximum Gasteiger partial charge on any atom is 0.254 e. The van der Waals surface area contributed by atoms with E-state index in [4.69, 9.17) is 20.5 Å². The van der Waals surface area contributed by atoms with E-state index in [0.29, 0.717) is 31.1 Å². The van der Waals surface area contributed by atoms with E-state index >= 15 is 0 Å². The fourth-order valence-corrected chi connectivity index (χ4v) is 4.47. The maximum atomic E-state index is 12.5. The van der Waals surface area contributed by atoms with Gasteiger partial charge in [0.25, 0.3) is 11.8 Å². The van der Waals surface area contributed by atoms with Crippen LogP contribution in [-0.4, -0.2) is 35.6 Å². The molecule has 1 aromatic heterocycles. The number of pyridine rings is 1. The van der Waals surface area contributed by atoms with Crippen LogP contribution < -0.4 is 15.8 Å². The van der Waals surface area contributed by atoms with E-state index in [1.807, 2.05) is 13.0 Å². The van der Waals surface area contributed by atoms with Gasteiger partial charge in [-0.3, -0.25) is 9.59 Å². The molecule has 2 heterocycles. The van der Waals surface area contributed by atoms with Crippen molar-refractivity contribution in [3.63, 3.8) is 0 Å². The fourth-order valence-electron chi connectivity index (χ4n) is 4.47. The van der Waals surface area contributed by atoms with Crippen LogP contribution in [0.25, 0.3) is 0 Å². The van der Waals surface area contributed by atoms with Crippen molar-refractivity contribution in [2.24, 2.45) is 11.7 Å². The van der Waals surface area contributed by atoms with Gasteiger partial charge in [-0.05, 0) is 55.9 Å². The summed E-state index contributed by atoms with van der Waals surface area (Å²) in [5.41, 5.74) is 9.00. The largest absolute Gasteiger partial charge is 0.474 e. The number of carbonyl (C=O) groups is 2. The van der Waals surface area contributed by atoms with Crippen LogP contribution in [0.5, 0.6) is 5.88 Å². The molecule has 1 aromatic carbocycles. The predicted molar refractivity (Wildman–Crippen MR) is 121 cm³/mol. The van der Waals surface area contributed by atoms with Crippen LogP contribution in [-0.2, 0) is 24.2 Å². The zero-order valence-electron chi connectivity index (χ0n) is 18.7. The predicted octanol–water partition coefficient (Wildman–Crippen LogP) is 2.69. The number of aromatic nitrogens is 1. The topological polar surface area (TPSA) is 127 Å². The summed E-state index contributed by atoms with van der Waals surface area (Å²) in [6, 6.07) is 11.1. The zero-order chi connectivity index (χ0) is 23.4. The average molecular weight is 449 g/mol. The Hall–Kier alpha value is -3.44. The van der Waals surface area contributed by atoms with Gasteiger partial charge in [-0.1, -0.05) is 12.1 Å². The Kier molecular flexibility index (Phi) is 6.90. The minimum atomic E-state index is -0.566. The summed E-state index contributed by atoms with van der Waals surface area (Å²) < 4.78 is 11.5. The third-order valence-corrected chi connectivity index (χ3v) is 6.18. The van der Waals surface area contributed by atoms with Gasteiger partial charge in [-0.2, -0.15) is 5.26 Å². The number of hydrogen-bond donors (Lipinski definition) is 2. The smallest absolute Gasteiger partial charge is 0.254 e. The van der Waals surface area contributed by atoms with Gasteiger partial charge in [0, 0.05) is 23.6 Å². The molecular weight excluding hydrogens is 420 g/mol. The third-order valence-electron chi connectivity index (χ3n) is 6.18. The molecule has 0 unspecified atom stereocenters. The second kappa shape index (κ2) is 10.0. The Balaban J connectivity index is 1.29. The highest BCUT2D eigenvalue weighted by atomic mass is 16.5. The molecule has 0 saturated heterocycles. The summed E-state index contributed by atoms with van der Waals surface area (Å²) in [5.74, 6) is 0.0227. The maximum absolute atomic E-state index is 12.5. The van der Waals surface area contributed by atoms with Gasteiger partial charge in [0.05, 0.1) is 37.5 Å². The molecule has 8 heteroatoms. The number of nitriles is 1. The van der Waals surface area contributed by atoms with E-state index in [0.717, 1.165) is 36.1 Å². The summed E-state index contributed by atoms with van der Waals surface area (Å²) in [4.78, 5) is 29.0. The normalized spacial score (nSPS) is 20.0. The first kappa shape index (κ1) is 22.7. The summed E-state index contributed by atoms with van der Waals surface area (Å²) in [7, 11) is 0. The van der Waals surface area contributed by atoms with Gasteiger partial charge in [-0.25, -0.2) is 4.98 Å². The van der Waals surface area contributed by atoms with Crippen LogP contribution in [0, 0.1) is 17.2 Å². The molecule has 2 aliphatic rings. The Morgan fingerprint density at radius 1 is 1.36 bits per heavy atom. The van der Waals surface area contributed by atoms with Gasteiger partial charge in [-0.15, -0.1) is 0 Å². The lowest BCUT2D eigenvalue weighted by atomic mass is 9.77. The zero-order valence-corrected chi connectivity index (χ0v) is 18.7. The summed E-state index contributed by atoms with van der Waals surface area (Å²) >= 11 is 0. The molecule has 0 radical (unpaired) electrons. The quantitative estimate of drug-likeness (QED) is 0.639. The van der Waals surface area contributed by atoms with Crippen molar-refractivity contribution in [3.8, 4) is 11.9 Å². The van der Waals surface area contributed by atoms with E-state index in [-0.39, 0.29) is 35.9 Å². The van der Waals surface area contributed by atoms with Crippen molar-refractivity contribution >= 4 is 11.8 Å². The summed E-state index contributed by atoms with van der Waals surface area (Å²) in [6.07, 6.45) is 3.36. The Labute approximate surface area is 193 Å². The first-order valence-corrected chi connectivity index (χ1v) is 11.3. The number of nitrogens with two attached hydrogens (primary N) is 1. The molecule has 0 bridgehead atoms. The number of fused-ring (bicyclic) bond motifs is 1. The summed E-state index contributed by atoms with van der Waals surface area (Å²) in [6.45, 7) is 2.99. The number of primary amides is 1. The van der Waals surface area contributed by atoms with Crippen LogP contribution >= 0.6 is 0 Å². The molecule has 172 valence electrons. The first-order valence-electron chi connectivity index (χ1n) is 11.3. The van der Waals surface area contributed by atoms with Crippen LogP contribution in [0.15, 0.2) is 30.3 Å². The van der Waals surface area contributed by atoms with Gasteiger partial charge >= 0.3 is 0 Å². The third kappa shape index (κ3) is 5.49. The molecule has 2 aromatic rings. The highest BCUT2D eigenvalue weighted by Gasteiger charge is 2.32. The lowest BCUT2D eigenvalue weighted by Gasteiger charge is -2.37. The molecule has 4 rings (SSSR count). The van der Waals surface area contributed by atoms with Crippen LogP contribution in [0.2, 0.25) is 0 Å². The molecule has 2 amide bonds. The number of benzene rings is 1. The van der Waals surface area contributed by atoms with Crippen LogP contribution in [0.4, 0.5) is 0 Å². The van der Waals surface area contributed by atoms with Gasteiger partial charge in [0.1, 0.15) is 5.56 Å². The van der Waals surface area contributed by atoms with Crippen molar-refractivity contribution in [3.05, 3.63) is 58.3 Å². The number of rotatable bonds is 8.